The van der Waals surface area contributed by atoms with E-state index in [1.807, 2.05) is 0 Å². The van der Waals surface area contributed by atoms with Crippen LogP contribution in [0.25, 0.3) is 10.9 Å². The van der Waals surface area contributed by atoms with Gasteiger partial charge in [0.15, 0.2) is 17.7 Å². The topological polar surface area (TPSA) is 107 Å². The van der Waals surface area contributed by atoms with Gasteiger partial charge in [-0.2, -0.15) is 0 Å². The number of ether oxygens (including phenoxy) is 2. The van der Waals surface area contributed by atoms with Crippen LogP contribution < -0.4 is 15.0 Å². The van der Waals surface area contributed by atoms with E-state index >= 15 is 0 Å². The Labute approximate surface area is 142 Å². The fourth-order valence-corrected chi connectivity index (χ4v) is 2.41. The molecule has 1 N–H and O–H groups in total. The number of methoxy groups -OCH3 is 1. The van der Waals surface area contributed by atoms with Crippen LogP contribution in [0.15, 0.2) is 47.3 Å². The molecule has 1 aromatic heterocycles. The van der Waals surface area contributed by atoms with Crippen molar-refractivity contribution in [1.82, 2.24) is 9.97 Å². The molecule has 128 valence electrons. The van der Waals surface area contributed by atoms with Crippen molar-refractivity contribution in [2.75, 3.05) is 7.11 Å². The van der Waals surface area contributed by atoms with Crippen molar-refractivity contribution in [2.24, 2.45) is 0 Å². The molecule has 2 aromatic carbocycles. The number of hydrogen-bond donors (Lipinski definition) is 1. The van der Waals surface area contributed by atoms with Crippen LogP contribution in [0.4, 0.5) is 5.69 Å². The predicted molar refractivity (Wildman–Crippen MR) is 91.1 cm³/mol. The SMILES string of the molecule is COc1ccc(O[C@H](C)c2nc3ccccc3c(=O)[nH]2)c([N+](=O)[O-])c1. The number of H-pyrrole nitrogens is 1. The zero-order chi connectivity index (χ0) is 18.0. The van der Waals surface area contributed by atoms with Crippen LogP contribution in [0.5, 0.6) is 11.5 Å². The summed E-state index contributed by atoms with van der Waals surface area (Å²) in [5.41, 5.74) is 0.00977. The van der Waals surface area contributed by atoms with Crippen LogP contribution in [0, 0.1) is 10.1 Å². The molecule has 8 heteroatoms. The van der Waals surface area contributed by atoms with E-state index in [4.69, 9.17) is 9.47 Å². The van der Waals surface area contributed by atoms with Gasteiger partial charge in [0.05, 0.1) is 29.0 Å². The lowest BCUT2D eigenvalue weighted by Crippen LogP contribution is -2.16. The maximum Gasteiger partial charge on any atom is 0.314 e. The molecule has 25 heavy (non-hydrogen) atoms. The van der Waals surface area contributed by atoms with Gasteiger partial charge in [0, 0.05) is 0 Å². The lowest BCUT2D eigenvalue weighted by atomic mass is 10.2. The van der Waals surface area contributed by atoms with Crippen LogP contribution in [-0.2, 0) is 0 Å². The molecule has 1 heterocycles. The molecule has 8 nitrogen and oxygen atoms in total. The van der Waals surface area contributed by atoms with Gasteiger partial charge in [-0.1, -0.05) is 12.1 Å². The quantitative estimate of drug-likeness (QED) is 0.564. The highest BCUT2D eigenvalue weighted by Crippen LogP contribution is 2.33. The van der Waals surface area contributed by atoms with Crippen LogP contribution in [0.2, 0.25) is 0 Å². The van der Waals surface area contributed by atoms with Crippen LogP contribution in [-0.4, -0.2) is 22.0 Å². The van der Waals surface area contributed by atoms with E-state index in [0.29, 0.717) is 16.7 Å². The smallest absolute Gasteiger partial charge is 0.314 e. The molecule has 0 aliphatic heterocycles. The summed E-state index contributed by atoms with van der Waals surface area (Å²) in [6.45, 7) is 1.65. The third-order valence-electron chi connectivity index (χ3n) is 3.68. The second-order valence-corrected chi connectivity index (χ2v) is 5.32. The Morgan fingerprint density at radius 3 is 2.72 bits per heavy atom. The van der Waals surface area contributed by atoms with E-state index in [1.165, 1.54) is 19.2 Å². The Kier molecular flexibility index (Phi) is 4.34. The van der Waals surface area contributed by atoms with Crippen molar-refractivity contribution < 1.29 is 14.4 Å². The molecule has 0 bridgehead atoms. The number of aromatic amines is 1. The Morgan fingerprint density at radius 1 is 1.24 bits per heavy atom. The Morgan fingerprint density at radius 2 is 2.00 bits per heavy atom. The number of hydrogen-bond acceptors (Lipinski definition) is 6. The van der Waals surface area contributed by atoms with Gasteiger partial charge in [0.2, 0.25) is 0 Å². The van der Waals surface area contributed by atoms with Crippen LogP contribution in [0.3, 0.4) is 0 Å². The number of nitrogens with zero attached hydrogens (tertiary/aromatic N) is 2. The van der Waals surface area contributed by atoms with Gasteiger partial charge in [-0.15, -0.1) is 0 Å². The molecule has 0 unspecified atom stereocenters. The van der Waals surface area contributed by atoms with E-state index in [0.717, 1.165) is 0 Å². The van der Waals surface area contributed by atoms with Gasteiger partial charge in [0.1, 0.15) is 5.75 Å². The minimum absolute atomic E-state index is 0.0640. The third-order valence-corrected chi connectivity index (χ3v) is 3.68. The van der Waals surface area contributed by atoms with E-state index < -0.39 is 11.0 Å². The lowest BCUT2D eigenvalue weighted by Gasteiger charge is -2.14. The Bertz CT molecular complexity index is 999. The number of nitrogens with one attached hydrogen (secondary N) is 1. The van der Waals surface area contributed by atoms with E-state index in [9.17, 15) is 14.9 Å². The van der Waals surface area contributed by atoms with E-state index in [-0.39, 0.29) is 22.8 Å². The molecule has 0 amide bonds. The first-order chi connectivity index (χ1) is 12.0. The highest BCUT2D eigenvalue weighted by molar-refractivity contribution is 5.77. The minimum Gasteiger partial charge on any atom is -0.496 e. The van der Waals surface area contributed by atoms with E-state index in [1.54, 1.807) is 37.3 Å². The van der Waals surface area contributed by atoms with Crippen molar-refractivity contribution in [3.8, 4) is 11.5 Å². The summed E-state index contributed by atoms with van der Waals surface area (Å²) in [5, 5.41) is 11.7. The standard InChI is InChI=1S/C17H15N3O5/c1-10(16-18-13-6-4-3-5-12(13)17(21)19-16)25-15-8-7-11(24-2)9-14(15)20(22)23/h3-10H,1-2H3,(H,18,19,21)/t10-/m1/s1. The normalized spacial score (nSPS) is 11.9. The molecule has 0 aliphatic rings. The summed E-state index contributed by atoms with van der Waals surface area (Å²) < 4.78 is 10.7. The molecule has 3 aromatic rings. The average Bonchev–Trinajstić information content (AvgIpc) is 2.61. The molecule has 0 saturated heterocycles. The highest BCUT2D eigenvalue weighted by Gasteiger charge is 2.20. The minimum atomic E-state index is -0.690. The molecule has 3 rings (SSSR count). The number of rotatable bonds is 5. The average molecular weight is 341 g/mol. The molecule has 0 spiro atoms. The second kappa shape index (κ2) is 6.60. The van der Waals surface area contributed by atoms with E-state index in [2.05, 4.69) is 9.97 Å². The first-order valence-corrected chi connectivity index (χ1v) is 7.47. The lowest BCUT2D eigenvalue weighted by molar-refractivity contribution is -0.386. The first kappa shape index (κ1) is 16.4. The van der Waals surface area contributed by atoms with Gasteiger partial charge in [0.25, 0.3) is 5.56 Å². The fourth-order valence-electron chi connectivity index (χ4n) is 2.41. The fraction of sp³-hybridized carbons (Fsp3) is 0.176. The largest absolute Gasteiger partial charge is 0.496 e. The second-order valence-electron chi connectivity index (χ2n) is 5.32. The van der Waals surface area contributed by atoms with Crippen LogP contribution >= 0.6 is 0 Å². The number of fused-ring (bicyclic) bond motifs is 1. The molecular formula is C17H15N3O5. The molecule has 0 radical (unpaired) electrons. The van der Waals surface area contributed by atoms with Gasteiger partial charge in [-0.25, -0.2) is 4.98 Å². The van der Waals surface area contributed by atoms with Gasteiger partial charge < -0.3 is 14.5 Å². The van der Waals surface area contributed by atoms with Crippen molar-refractivity contribution in [2.45, 2.75) is 13.0 Å². The Hall–Kier alpha value is -3.42. The number of nitro groups is 1. The predicted octanol–water partition coefficient (Wildman–Crippen LogP) is 2.98. The van der Waals surface area contributed by atoms with Gasteiger partial charge in [-0.05, 0) is 31.2 Å². The van der Waals surface area contributed by atoms with Crippen molar-refractivity contribution in [3.05, 3.63) is 68.8 Å². The summed E-state index contributed by atoms with van der Waals surface area (Å²) in [4.78, 5) is 29.8. The molecule has 0 fully saturated rings. The van der Waals surface area contributed by atoms with Crippen LogP contribution in [0.1, 0.15) is 18.9 Å². The molecule has 0 aliphatic carbocycles. The number of benzene rings is 2. The monoisotopic (exact) mass is 341 g/mol. The van der Waals surface area contributed by atoms with Crippen molar-refractivity contribution in [1.29, 1.82) is 0 Å². The maximum atomic E-state index is 12.1. The Balaban J connectivity index is 1.96. The third kappa shape index (κ3) is 3.27. The summed E-state index contributed by atoms with van der Waals surface area (Å²) in [6.07, 6.45) is -0.690. The maximum absolute atomic E-state index is 12.1. The zero-order valence-corrected chi connectivity index (χ0v) is 13.6. The first-order valence-electron chi connectivity index (χ1n) is 7.47. The van der Waals surface area contributed by atoms with Gasteiger partial charge in [-0.3, -0.25) is 14.9 Å². The number of para-hydroxylation sites is 1. The van der Waals surface area contributed by atoms with Gasteiger partial charge >= 0.3 is 5.69 Å². The van der Waals surface area contributed by atoms with Crippen molar-refractivity contribution >= 4 is 16.6 Å². The summed E-state index contributed by atoms with van der Waals surface area (Å²) >= 11 is 0. The molecule has 1 atom stereocenters. The molecular weight excluding hydrogens is 326 g/mol. The number of aromatic nitrogens is 2. The summed E-state index contributed by atoms with van der Waals surface area (Å²) in [6, 6.07) is 11.2. The highest BCUT2D eigenvalue weighted by atomic mass is 16.6. The summed E-state index contributed by atoms with van der Waals surface area (Å²) in [7, 11) is 1.42. The van der Waals surface area contributed by atoms with Crippen molar-refractivity contribution in [3.63, 3.8) is 0 Å². The zero-order valence-electron chi connectivity index (χ0n) is 13.6. The number of nitro benzene ring substituents is 1. The summed E-state index contributed by atoms with van der Waals surface area (Å²) in [5.74, 6) is 0.701. The molecule has 0 saturated carbocycles.